The molecule has 0 radical (unpaired) electrons. The standard InChI is InChI=1S/C15H15NO2/c1-12-5-4-6-13(9-12)11-18-15-8-3-2-7-14(15)10-16-17/h2-10,17H,11H2,1H3. The van der Waals surface area contributed by atoms with Gasteiger partial charge in [0.2, 0.25) is 0 Å². The van der Waals surface area contributed by atoms with E-state index in [1.807, 2.05) is 36.4 Å². The van der Waals surface area contributed by atoms with Crippen LogP contribution in [0.3, 0.4) is 0 Å². The number of rotatable bonds is 4. The van der Waals surface area contributed by atoms with Gasteiger partial charge in [-0.15, -0.1) is 0 Å². The molecule has 2 aromatic rings. The first kappa shape index (κ1) is 12.2. The van der Waals surface area contributed by atoms with Gasteiger partial charge in [-0.1, -0.05) is 47.1 Å². The van der Waals surface area contributed by atoms with E-state index in [0.717, 1.165) is 11.1 Å². The predicted molar refractivity (Wildman–Crippen MR) is 71.3 cm³/mol. The van der Waals surface area contributed by atoms with E-state index in [9.17, 15) is 0 Å². The van der Waals surface area contributed by atoms with Gasteiger partial charge >= 0.3 is 0 Å². The number of nitrogens with zero attached hydrogens (tertiary/aromatic N) is 1. The van der Waals surface area contributed by atoms with Crippen LogP contribution in [-0.4, -0.2) is 11.4 Å². The zero-order valence-corrected chi connectivity index (χ0v) is 10.2. The molecule has 0 aliphatic rings. The quantitative estimate of drug-likeness (QED) is 0.506. The highest BCUT2D eigenvalue weighted by Gasteiger charge is 2.01. The molecule has 0 heterocycles. The van der Waals surface area contributed by atoms with E-state index in [-0.39, 0.29) is 0 Å². The van der Waals surface area contributed by atoms with Crippen molar-refractivity contribution in [1.29, 1.82) is 0 Å². The Hall–Kier alpha value is -2.29. The summed E-state index contributed by atoms with van der Waals surface area (Å²) in [7, 11) is 0. The molecule has 18 heavy (non-hydrogen) atoms. The molecule has 0 saturated heterocycles. The molecule has 0 spiro atoms. The number of aryl methyl sites for hydroxylation is 1. The Morgan fingerprint density at radius 3 is 2.78 bits per heavy atom. The minimum Gasteiger partial charge on any atom is -0.488 e. The Balaban J connectivity index is 2.10. The van der Waals surface area contributed by atoms with Crippen LogP contribution < -0.4 is 4.74 Å². The molecule has 2 rings (SSSR count). The van der Waals surface area contributed by atoms with Gasteiger partial charge in [-0.2, -0.15) is 0 Å². The second-order valence-electron chi connectivity index (χ2n) is 4.06. The molecule has 0 aromatic heterocycles. The normalized spacial score (nSPS) is 10.7. The van der Waals surface area contributed by atoms with Crippen molar-refractivity contribution in [2.24, 2.45) is 5.16 Å². The van der Waals surface area contributed by atoms with Gasteiger partial charge < -0.3 is 9.94 Å². The van der Waals surface area contributed by atoms with Crippen LogP contribution in [0.4, 0.5) is 0 Å². The maximum absolute atomic E-state index is 8.58. The number of para-hydroxylation sites is 1. The van der Waals surface area contributed by atoms with Crippen LogP contribution in [0, 0.1) is 6.92 Å². The highest BCUT2D eigenvalue weighted by molar-refractivity contribution is 5.82. The first-order chi connectivity index (χ1) is 8.79. The van der Waals surface area contributed by atoms with E-state index in [2.05, 4.69) is 24.2 Å². The fourth-order valence-electron chi connectivity index (χ4n) is 1.74. The van der Waals surface area contributed by atoms with Crippen molar-refractivity contribution < 1.29 is 9.94 Å². The van der Waals surface area contributed by atoms with Crippen molar-refractivity contribution in [2.45, 2.75) is 13.5 Å². The van der Waals surface area contributed by atoms with Crippen LogP contribution in [-0.2, 0) is 6.61 Å². The second-order valence-corrected chi connectivity index (χ2v) is 4.06. The summed E-state index contributed by atoms with van der Waals surface area (Å²) in [6, 6.07) is 15.6. The lowest BCUT2D eigenvalue weighted by Gasteiger charge is -2.09. The molecule has 0 fully saturated rings. The first-order valence-electron chi connectivity index (χ1n) is 5.74. The summed E-state index contributed by atoms with van der Waals surface area (Å²) in [5.41, 5.74) is 3.08. The number of oxime groups is 1. The zero-order chi connectivity index (χ0) is 12.8. The Bertz CT molecular complexity index is 550. The van der Waals surface area contributed by atoms with Gasteiger partial charge in [0, 0.05) is 5.56 Å². The van der Waals surface area contributed by atoms with Gasteiger partial charge in [0.05, 0.1) is 6.21 Å². The van der Waals surface area contributed by atoms with Crippen LogP contribution in [0.2, 0.25) is 0 Å². The van der Waals surface area contributed by atoms with E-state index < -0.39 is 0 Å². The topological polar surface area (TPSA) is 41.8 Å². The predicted octanol–water partition coefficient (Wildman–Crippen LogP) is 3.38. The number of ether oxygens (including phenoxy) is 1. The molecule has 1 N–H and O–H groups in total. The minimum absolute atomic E-state index is 0.498. The smallest absolute Gasteiger partial charge is 0.128 e. The molecule has 0 bridgehead atoms. The molecule has 3 nitrogen and oxygen atoms in total. The van der Waals surface area contributed by atoms with E-state index in [1.165, 1.54) is 11.8 Å². The van der Waals surface area contributed by atoms with Gasteiger partial charge in [0.1, 0.15) is 12.4 Å². The van der Waals surface area contributed by atoms with Crippen molar-refractivity contribution in [3.05, 3.63) is 65.2 Å². The number of hydrogen-bond donors (Lipinski definition) is 1. The third-order valence-corrected chi connectivity index (χ3v) is 2.59. The second kappa shape index (κ2) is 5.87. The van der Waals surface area contributed by atoms with E-state index in [1.54, 1.807) is 0 Å². The maximum atomic E-state index is 8.58. The molecular weight excluding hydrogens is 226 g/mol. The van der Waals surface area contributed by atoms with Gasteiger partial charge in [0.25, 0.3) is 0 Å². The molecule has 0 unspecified atom stereocenters. The summed E-state index contributed by atoms with van der Waals surface area (Å²) in [5.74, 6) is 0.705. The number of benzene rings is 2. The molecule has 0 saturated carbocycles. The average Bonchev–Trinajstić information content (AvgIpc) is 2.38. The van der Waals surface area contributed by atoms with E-state index in [0.29, 0.717) is 12.4 Å². The highest BCUT2D eigenvalue weighted by atomic mass is 16.5. The van der Waals surface area contributed by atoms with E-state index >= 15 is 0 Å². The van der Waals surface area contributed by atoms with Crippen LogP contribution >= 0.6 is 0 Å². The fourth-order valence-corrected chi connectivity index (χ4v) is 1.74. The summed E-state index contributed by atoms with van der Waals surface area (Å²) in [6.07, 6.45) is 1.37. The molecule has 0 aliphatic heterocycles. The Morgan fingerprint density at radius 2 is 2.00 bits per heavy atom. The van der Waals surface area contributed by atoms with Gasteiger partial charge in [-0.3, -0.25) is 0 Å². The van der Waals surface area contributed by atoms with Crippen LogP contribution in [0.1, 0.15) is 16.7 Å². The molecule has 3 heteroatoms. The van der Waals surface area contributed by atoms with Gasteiger partial charge in [-0.25, -0.2) is 0 Å². The minimum atomic E-state index is 0.498. The number of hydrogen-bond acceptors (Lipinski definition) is 3. The van der Waals surface area contributed by atoms with Crippen molar-refractivity contribution in [1.82, 2.24) is 0 Å². The summed E-state index contributed by atoms with van der Waals surface area (Å²) >= 11 is 0. The molecule has 0 amide bonds. The lowest BCUT2D eigenvalue weighted by molar-refractivity contribution is 0.304. The molecule has 0 atom stereocenters. The van der Waals surface area contributed by atoms with Crippen LogP contribution in [0.5, 0.6) is 5.75 Å². The zero-order valence-electron chi connectivity index (χ0n) is 10.2. The van der Waals surface area contributed by atoms with Crippen molar-refractivity contribution in [3.8, 4) is 5.75 Å². The fraction of sp³-hybridized carbons (Fsp3) is 0.133. The Labute approximate surface area is 106 Å². The lowest BCUT2D eigenvalue weighted by atomic mass is 10.1. The molecule has 0 aliphatic carbocycles. The largest absolute Gasteiger partial charge is 0.488 e. The van der Waals surface area contributed by atoms with Crippen LogP contribution in [0.25, 0.3) is 0 Å². The third kappa shape index (κ3) is 3.10. The monoisotopic (exact) mass is 241 g/mol. The van der Waals surface area contributed by atoms with Crippen molar-refractivity contribution in [3.63, 3.8) is 0 Å². The summed E-state index contributed by atoms with van der Waals surface area (Å²) in [4.78, 5) is 0. The van der Waals surface area contributed by atoms with Gasteiger partial charge in [0.15, 0.2) is 0 Å². The highest BCUT2D eigenvalue weighted by Crippen LogP contribution is 2.17. The maximum Gasteiger partial charge on any atom is 0.128 e. The average molecular weight is 241 g/mol. The first-order valence-corrected chi connectivity index (χ1v) is 5.74. The Morgan fingerprint density at radius 1 is 1.17 bits per heavy atom. The summed E-state index contributed by atoms with van der Waals surface area (Å²) in [6.45, 7) is 2.55. The SMILES string of the molecule is Cc1cccc(COc2ccccc2C=NO)c1. The van der Waals surface area contributed by atoms with Crippen molar-refractivity contribution in [2.75, 3.05) is 0 Å². The van der Waals surface area contributed by atoms with Crippen LogP contribution in [0.15, 0.2) is 53.7 Å². The Kier molecular flexibility index (Phi) is 3.97. The molecule has 2 aromatic carbocycles. The molecular formula is C15H15NO2. The lowest BCUT2D eigenvalue weighted by Crippen LogP contribution is -1.98. The van der Waals surface area contributed by atoms with E-state index in [4.69, 9.17) is 9.94 Å². The van der Waals surface area contributed by atoms with Gasteiger partial charge in [-0.05, 0) is 24.6 Å². The molecule has 92 valence electrons. The summed E-state index contributed by atoms with van der Waals surface area (Å²) in [5, 5.41) is 11.6. The summed E-state index contributed by atoms with van der Waals surface area (Å²) < 4.78 is 5.73. The third-order valence-electron chi connectivity index (χ3n) is 2.59. The van der Waals surface area contributed by atoms with Crippen molar-refractivity contribution >= 4 is 6.21 Å².